The third-order valence-corrected chi connectivity index (χ3v) is 3.16. The van der Waals surface area contributed by atoms with Crippen molar-refractivity contribution >= 4 is 17.5 Å². The second-order valence-electron chi connectivity index (χ2n) is 4.75. The summed E-state index contributed by atoms with van der Waals surface area (Å²) >= 11 is 0. The molecule has 0 aliphatic heterocycles. The van der Waals surface area contributed by atoms with Crippen molar-refractivity contribution in [3.8, 4) is 5.75 Å². The van der Waals surface area contributed by atoms with Crippen molar-refractivity contribution in [2.75, 3.05) is 25.9 Å². The number of benzene rings is 1. The Morgan fingerprint density at radius 3 is 2.65 bits per heavy atom. The van der Waals surface area contributed by atoms with Crippen LogP contribution in [0.25, 0.3) is 0 Å². The summed E-state index contributed by atoms with van der Waals surface area (Å²) in [7, 11) is 1.49. The number of anilines is 1. The Morgan fingerprint density at radius 2 is 2.00 bits per heavy atom. The van der Waals surface area contributed by atoms with Gasteiger partial charge in [0.15, 0.2) is 0 Å². The number of hydrogen-bond acceptors (Lipinski definition) is 4. The van der Waals surface area contributed by atoms with Crippen LogP contribution >= 0.6 is 0 Å². The van der Waals surface area contributed by atoms with E-state index in [0.717, 1.165) is 12.8 Å². The molecule has 0 saturated heterocycles. The summed E-state index contributed by atoms with van der Waals surface area (Å²) < 4.78 is 5.12. The standard InChI is InChI=1S/C14H19N3O3/c1-20-11-4-2-3-10(15)12(11)14(19)17-8-7-16-13(18)9-5-6-9/h2-4,9H,5-8,15H2,1H3,(H,16,18)(H,17,19). The molecule has 0 bridgehead atoms. The maximum Gasteiger partial charge on any atom is 0.257 e. The smallest absolute Gasteiger partial charge is 0.257 e. The van der Waals surface area contributed by atoms with Gasteiger partial charge in [0, 0.05) is 24.7 Å². The zero-order chi connectivity index (χ0) is 14.5. The Balaban J connectivity index is 1.83. The van der Waals surface area contributed by atoms with Gasteiger partial charge in [0.1, 0.15) is 11.3 Å². The van der Waals surface area contributed by atoms with Gasteiger partial charge in [-0.1, -0.05) is 6.07 Å². The second kappa shape index (κ2) is 6.27. The van der Waals surface area contributed by atoms with Crippen molar-refractivity contribution in [3.63, 3.8) is 0 Å². The fourth-order valence-electron chi connectivity index (χ4n) is 1.90. The number of carbonyl (C=O) groups excluding carboxylic acids is 2. The molecule has 0 spiro atoms. The first kappa shape index (κ1) is 14.2. The zero-order valence-electron chi connectivity index (χ0n) is 11.4. The fraction of sp³-hybridized carbons (Fsp3) is 0.429. The molecule has 1 aromatic rings. The number of amides is 2. The molecule has 0 heterocycles. The SMILES string of the molecule is COc1cccc(N)c1C(=O)NCCNC(=O)C1CC1. The van der Waals surface area contributed by atoms with Crippen LogP contribution in [0.2, 0.25) is 0 Å². The normalized spacial score (nSPS) is 13.7. The van der Waals surface area contributed by atoms with Crippen molar-refractivity contribution < 1.29 is 14.3 Å². The van der Waals surface area contributed by atoms with Gasteiger partial charge in [0.2, 0.25) is 5.91 Å². The van der Waals surface area contributed by atoms with Gasteiger partial charge < -0.3 is 21.1 Å². The predicted molar refractivity (Wildman–Crippen MR) is 75.5 cm³/mol. The third kappa shape index (κ3) is 3.40. The highest BCUT2D eigenvalue weighted by atomic mass is 16.5. The summed E-state index contributed by atoms with van der Waals surface area (Å²) in [5.74, 6) is 0.372. The van der Waals surface area contributed by atoms with E-state index in [-0.39, 0.29) is 17.7 Å². The lowest BCUT2D eigenvalue weighted by atomic mass is 10.1. The van der Waals surface area contributed by atoms with Gasteiger partial charge >= 0.3 is 0 Å². The van der Waals surface area contributed by atoms with Crippen molar-refractivity contribution in [1.29, 1.82) is 0 Å². The molecule has 2 amide bonds. The van der Waals surface area contributed by atoms with Crippen LogP contribution in [0.5, 0.6) is 5.75 Å². The molecule has 4 N–H and O–H groups in total. The van der Waals surface area contributed by atoms with E-state index in [1.165, 1.54) is 7.11 Å². The quantitative estimate of drug-likeness (QED) is 0.522. The first-order chi connectivity index (χ1) is 9.63. The van der Waals surface area contributed by atoms with Crippen LogP contribution in [0.15, 0.2) is 18.2 Å². The van der Waals surface area contributed by atoms with E-state index in [0.29, 0.717) is 30.1 Å². The van der Waals surface area contributed by atoms with Crippen molar-refractivity contribution in [2.45, 2.75) is 12.8 Å². The Hall–Kier alpha value is -2.24. The van der Waals surface area contributed by atoms with Crippen LogP contribution in [0.1, 0.15) is 23.2 Å². The molecule has 2 rings (SSSR count). The average molecular weight is 277 g/mol. The van der Waals surface area contributed by atoms with Crippen LogP contribution < -0.4 is 21.1 Å². The highest BCUT2D eigenvalue weighted by Gasteiger charge is 2.29. The number of hydrogen-bond donors (Lipinski definition) is 3. The van der Waals surface area contributed by atoms with E-state index in [9.17, 15) is 9.59 Å². The van der Waals surface area contributed by atoms with E-state index >= 15 is 0 Å². The minimum atomic E-state index is -0.305. The number of carbonyl (C=O) groups is 2. The van der Waals surface area contributed by atoms with Crippen molar-refractivity contribution in [2.24, 2.45) is 5.92 Å². The number of nitrogens with two attached hydrogens (primary N) is 1. The van der Waals surface area contributed by atoms with Crippen molar-refractivity contribution in [1.82, 2.24) is 10.6 Å². The Bertz CT molecular complexity index is 512. The molecular weight excluding hydrogens is 258 g/mol. The summed E-state index contributed by atoms with van der Waals surface area (Å²) in [5, 5.41) is 5.49. The van der Waals surface area contributed by atoms with Crippen LogP contribution in [-0.4, -0.2) is 32.0 Å². The maximum atomic E-state index is 12.1. The molecule has 0 radical (unpaired) electrons. The Kier molecular flexibility index (Phi) is 4.45. The molecule has 1 aliphatic rings. The summed E-state index contributed by atoms with van der Waals surface area (Å²) in [4.78, 5) is 23.5. The molecule has 108 valence electrons. The largest absolute Gasteiger partial charge is 0.496 e. The summed E-state index contributed by atoms with van der Waals surface area (Å²) in [6.45, 7) is 0.769. The Morgan fingerprint density at radius 1 is 1.30 bits per heavy atom. The number of rotatable bonds is 6. The van der Waals surface area contributed by atoms with Gasteiger partial charge in [-0.15, -0.1) is 0 Å². The first-order valence-electron chi connectivity index (χ1n) is 6.62. The second-order valence-corrected chi connectivity index (χ2v) is 4.75. The Labute approximate surface area is 117 Å². The molecule has 0 atom stereocenters. The molecule has 20 heavy (non-hydrogen) atoms. The molecule has 6 nitrogen and oxygen atoms in total. The number of ether oxygens (including phenoxy) is 1. The maximum absolute atomic E-state index is 12.1. The summed E-state index contributed by atoms with van der Waals surface area (Å²) in [5.41, 5.74) is 6.48. The van der Waals surface area contributed by atoms with Crippen molar-refractivity contribution in [3.05, 3.63) is 23.8 Å². The van der Waals surface area contributed by atoms with Gasteiger partial charge in [-0.3, -0.25) is 9.59 Å². The molecule has 0 unspecified atom stereocenters. The van der Waals surface area contributed by atoms with Gasteiger partial charge in [-0.2, -0.15) is 0 Å². The average Bonchev–Trinajstić information content (AvgIpc) is 3.27. The van der Waals surface area contributed by atoms with Crippen LogP contribution in [0.4, 0.5) is 5.69 Å². The minimum absolute atomic E-state index is 0.0658. The minimum Gasteiger partial charge on any atom is -0.496 e. The molecule has 1 fully saturated rings. The number of nitrogen functional groups attached to an aromatic ring is 1. The van der Waals surface area contributed by atoms with Crippen LogP contribution in [0, 0.1) is 5.92 Å². The van der Waals surface area contributed by atoms with Gasteiger partial charge in [-0.25, -0.2) is 0 Å². The monoisotopic (exact) mass is 277 g/mol. The van der Waals surface area contributed by atoms with E-state index in [4.69, 9.17) is 10.5 Å². The van der Waals surface area contributed by atoms with E-state index < -0.39 is 0 Å². The topological polar surface area (TPSA) is 93.4 Å². The third-order valence-electron chi connectivity index (χ3n) is 3.16. The predicted octanol–water partition coefficient (Wildman–Crippen LogP) is 0.533. The van der Waals surface area contributed by atoms with E-state index in [1.54, 1.807) is 18.2 Å². The highest BCUT2D eigenvalue weighted by molar-refractivity contribution is 6.01. The summed E-state index contributed by atoms with van der Waals surface area (Å²) in [6, 6.07) is 5.05. The number of nitrogens with one attached hydrogen (secondary N) is 2. The lowest BCUT2D eigenvalue weighted by Crippen LogP contribution is -2.35. The van der Waals surface area contributed by atoms with Crippen LogP contribution in [-0.2, 0) is 4.79 Å². The van der Waals surface area contributed by atoms with Gasteiger partial charge in [0.25, 0.3) is 5.91 Å². The van der Waals surface area contributed by atoms with Crippen LogP contribution in [0.3, 0.4) is 0 Å². The molecule has 6 heteroatoms. The molecule has 1 aliphatic carbocycles. The summed E-state index contributed by atoms with van der Waals surface area (Å²) in [6.07, 6.45) is 1.94. The highest BCUT2D eigenvalue weighted by Crippen LogP contribution is 2.28. The first-order valence-corrected chi connectivity index (χ1v) is 6.62. The van der Waals surface area contributed by atoms with Gasteiger partial charge in [0.05, 0.1) is 7.11 Å². The van der Waals surface area contributed by atoms with Gasteiger partial charge in [-0.05, 0) is 25.0 Å². The van der Waals surface area contributed by atoms with E-state index in [2.05, 4.69) is 10.6 Å². The van der Waals surface area contributed by atoms with E-state index in [1.807, 2.05) is 0 Å². The lowest BCUT2D eigenvalue weighted by molar-refractivity contribution is -0.122. The molecule has 1 saturated carbocycles. The molecular formula is C14H19N3O3. The lowest BCUT2D eigenvalue weighted by Gasteiger charge is -2.11. The fourth-order valence-corrected chi connectivity index (χ4v) is 1.90. The molecule has 1 aromatic carbocycles. The molecule has 0 aromatic heterocycles. The zero-order valence-corrected chi connectivity index (χ0v) is 11.4. The number of methoxy groups -OCH3 is 1.